The van der Waals surface area contributed by atoms with Crippen LogP contribution < -0.4 is 5.32 Å². The Balaban J connectivity index is 1.85. The van der Waals surface area contributed by atoms with Crippen LogP contribution in [-0.4, -0.2) is 11.1 Å². The van der Waals surface area contributed by atoms with Crippen molar-refractivity contribution in [2.45, 2.75) is 33.1 Å². The van der Waals surface area contributed by atoms with Crippen molar-refractivity contribution in [1.82, 2.24) is 5.16 Å². The molecule has 21 heavy (non-hydrogen) atoms. The van der Waals surface area contributed by atoms with Gasteiger partial charge in [-0.1, -0.05) is 29.7 Å². The summed E-state index contributed by atoms with van der Waals surface area (Å²) in [7, 11) is 0. The number of aromatic nitrogens is 1. The van der Waals surface area contributed by atoms with Gasteiger partial charge in [0.25, 0.3) is 5.91 Å². The van der Waals surface area contributed by atoms with Crippen LogP contribution in [0, 0.1) is 12.8 Å². The van der Waals surface area contributed by atoms with Crippen LogP contribution in [0.3, 0.4) is 0 Å². The first-order valence-corrected chi connectivity index (χ1v) is 7.47. The highest BCUT2D eigenvalue weighted by Crippen LogP contribution is 2.29. The van der Waals surface area contributed by atoms with E-state index in [0.29, 0.717) is 22.3 Å². The normalized spacial score (nSPS) is 17.4. The van der Waals surface area contributed by atoms with Gasteiger partial charge in [-0.25, -0.2) is 0 Å². The maximum atomic E-state index is 12.4. The van der Waals surface area contributed by atoms with Crippen LogP contribution in [-0.2, 0) is 12.8 Å². The third-order valence-corrected chi connectivity index (χ3v) is 4.19. The summed E-state index contributed by atoms with van der Waals surface area (Å²) in [5, 5.41) is 7.28. The quantitative estimate of drug-likeness (QED) is 0.912. The molecule has 0 saturated heterocycles. The van der Waals surface area contributed by atoms with E-state index in [1.807, 2.05) is 19.1 Å². The molecular formula is C16H17ClN2O2. The third kappa shape index (κ3) is 2.81. The van der Waals surface area contributed by atoms with Crippen molar-refractivity contribution in [1.29, 1.82) is 0 Å². The largest absolute Gasteiger partial charge is 0.360 e. The Morgan fingerprint density at radius 3 is 3.05 bits per heavy atom. The van der Waals surface area contributed by atoms with E-state index in [4.69, 9.17) is 16.1 Å². The lowest BCUT2D eigenvalue weighted by atomic mass is 9.88. The number of halogens is 1. The SMILES string of the molecule is Cc1ccc(NC(=O)c2noc3c2C[C@@H](C)CC3)c(Cl)c1. The van der Waals surface area contributed by atoms with Crippen LogP contribution in [0.5, 0.6) is 0 Å². The molecule has 5 heteroatoms. The van der Waals surface area contributed by atoms with Crippen LogP contribution in [0.25, 0.3) is 0 Å². The van der Waals surface area contributed by atoms with Gasteiger partial charge in [0.05, 0.1) is 10.7 Å². The topological polar surface area (TPSA) is 55.1 Å². The second-order valence-corrected chi connectivity index (χ2v) is 6.13. The Kier molecular flexibility index (Phi) is 3.72. The van der Waals surface area contributed by atoms with Gasteiger partial charge < -0.3 is 9.84 Å². The molecule has 1 aromatic carbocycles. The maximum absolute atomic E-state index is 12.4. The van der Waals surface area contributed by atoms with Gasteiger partial charge in [-0.15, -0.1) is 0 Å². The van der Waals surface area contributed by atoms with Gasteiger partial charge >= 0.3 is 0 Å². The van der Waals surface area contributed by atoms with Crippen molar-refractivity contribution in [3.05, 3.63) is 45.8 Å². The van der Waals surface area contributed by atoms with Gasteiger partial charge in [0.1, 0.15) is 5.76 Å². The number of carbonyl (C=O) groups is 1. The fourth-order valence-electron chi connectivity index (χ4n) is 2.66. The average Bonchev–Trinajstić information content (AvgIpc) is 2.85. The van der Waals surface area contributed by atoms with Gasteiger partial charge in [-0.2, -0.15) is 0 Å². The van der Waals surface area contributed by atoms with Gasteiger partial charge in [0, 0.05) is 12.0 Å². The fourth-order valence-corrected chi connectivity index (χ4v) is 2.94. The van der Waals surface area contributed by atoms with E-state index >= 15 is 0 Å². The zero-order valence-electron chi connectivity index (χ0n) is 12.1. The Morgan fingerprint density at radius 1 is 1.48 bits per heavy atom. The molecule has 1 amide bonds. The predicted octanol–water partition coefficient (Wildman–Crippen LogP) is 4.01. The number of fused-ring (bicyclic) bond motifs is 1. The maximum Gasteiger partial charge on any atom is 0.278 e. The first kappa shape index (κ1) is 14.1. The summed E-state index contributed by atoms with van der Waals surface area (Å²) in [5.74, 6) is 1.12. The number of anilines is 1. The Labute approximate surface area is 128 Å². The molecule has 3 rings (SSSR count). The molecule has 0 saturated carbocycles. The third-order valence-electron chi connectivity index (χ3n) is 3.87. The zero-order chi connectivity index (χ0) is 15.0. The number of carbonyl (C=O) groups excluding carboxylic acids is 1. The van der Waals surface area contributed by atoms with Crippen molar-refractivity contribution in [3.63, 3.8) is 0 Å². The smallest absolute Gasteiger partial charge is 0.278 e. The van der Waals surface area contributed by atoms with Crippen LogP contribution in [0.15, 0.2) is 22.7 Å². The molecule has 1 N–H and O–H groups in total. The molecule has 1 aliphatic carbocycles. The van der Waals surface area contributed by atoms with Crippen molar-refractivity contribution in [2.75, 3.05) is 5.32 Å². The lowest BCUT2D eigenvalue weighted by Crippen LogP contribution is -2.18. The molecule has 0 radical (unpaired) electrons. The summed E-state index contributed by atoms with van der Waals surface area (Å²) >= 11 is 6.14. The van der Waals surface area contributed by atoms with Gasteiger partial charge in [0.2, 0.25) is 0 Å². The molecule has 1 atom stereocenters. The number of benzene rings is 1. The molecule has 110 valence electrons. The molecular weight excluding hydrogens is 288 g/mol. The number of hydrogen-bond donors (Lipinski definition) is 1. The Hall–Kier alpha value is -1.81. The second-order valence-electron chi connectivity index (χ2n) is 5.72. The molecule has 2 aromatic rings. The molecule has 0 aliphatic heterocycles. The Morgan fingerprint density at radius 2 is 2.29 bits per heavy atom. The minimum absolute atomic E-state index is 0.264. The zero-order valence-corrected chi connectivity index (χ0v) is 12.8. The highest BCUT2D eigenvalue weighted by Gasteiger charge is 2.27. The van der Waals surface area contributed by atoms with Crippen LogP contribution in [0.4, 0.5) is 5.69 Å². The van der Waals surface area contributed by atoms with Gasteiger partial charge in [-0.05, 0) is 43.4 Å². The van der Waals surface area contributed by atoms with E-state index < -0.39 is 0 Å². The summed E-state index contributed by atoms with van der Waals surface area (Å²) < 4.78 is 5.30. The van der Waals surface area contributed by atoms with Gasteiger partial charge in [-0.3, -0.25) is 4.79 Å². The molecule has 0 bridgehead atoms. The molecule has 0 unspecified atom stereocenters. The second kappa shape index (κ2) is 5.53. The van der Waals surface area contributed by atoms with E-state index in [9.17, 15) is 4.79 Å². The monoisotopic (exact) mass is 304 g/mol. The van der Waals surface area contributed by atoms with Gasteiger partial charge in [0.15, 0.2) is 5.69 Å². The van der Waals surface area contributed by atoms with Crippen molar-refractivity contribution < 1.29 is 9.32 Å². The lowest BCUT2D eigenvalue weighted by molar-refractivity contribution is 0.101. The summed E-state index contributed by atoms with van der Waals surface area (Å²) in [4.78, 5) is 12.4. The average molecular weight is 305 g/mol. The van der Waals surface area contributed by atoms with Crippen molar-refractivity contribution in [3.8, 4) is 0 Å². The van der Waals surface area contributed by atoms with Crippen molar-refractivity contribution >= 4 is 23.2 Å². The van der Waals surface area contributed by atoms with Crippen LogP contribution in [0.2, 0.25) is 5.02 Å². The Bertz CT molecular complexity index is 694. The summed E-state index contributed by atoms with van der Waals surface area (Å²) in [6, 6.07) is 5.52. The number of nitrogens with one attached hydrogen (secondary N) is 1. The van der Waals surface area contributed by atoms with Crippen LogP contribution >= 0.6 is 11.6 Å². The highest BCUT2D eigenvalue weighted by atomic mass is 35.5. The number of hydrogen-bond acceptors (Lipinski definition) is 3. The van der Waals surface area contributed by atoms with E-state index in [1.165, 1.54) is 0 Å². The molecule has 4 nitrogen and oxygen atoms in total. The standard InChI is InChI=1S/C16H17ClN2O2/c1-9-4-6-14-11(7-9)15(19-21-14)16(20)18-13-5-3-10(2)8-12(13)17/h3,5,8-9H,4,6-7H2,1-2H3,(H,18,20)/t9-/m0/s1. The van der Waals surface area contributed by atoms with E-state index in [-0.39, 0.29) is 5.91 Å². The van der Waals surface area contributed by atoms with E-state index in [1.54, 1.807) is 6.07 Å². The first-order chi connectivity index (χ1) is 10.0. The highest BCUT2D eigenvalue weighted by molar-refractivity contribution is 6.34. The molecule has 1 aliphatic rings. The van der Waals surface area contributed by atoms with Crippen molar-refractivity contribution in [2.24, 2.45) is 5.92 Å². The number of aryl methyl sites for hydroxylation is 2. The minimum atomic E-state index is -0.264. The van der Waals surface area contributed by atoms with Crippen LogP contribution in [0.1, 0.15) is 40.7 Å². The lowest BCUT2D eigenvalue weighted by Gasteiger charge is -2.16. The molecule has 0 spiro atoms. The summed E-state index contributed by atoms with van der Waals surface area (Å²) in [5.41, 5.74) is 2.96. The fraction of sp³-hybridized carbons (Fsp3) is 0.375. The molecule has 1 aromatic heterocycles. The number of nitrogens with zero attached hydrogens (tertiary/aromatic N) is 1. The summed E-state index contributed by atoms with van der Waals surface area (Å²) in [6.45, 7) is 4.13. The van der Waals surface area contributed by atoms with E-state index in [0.717, 1.165) is 36.1 Å². The molecule has 1 heterocycles. The molecule has 0 fully saturated rings. The minimum Gasteiger partial charge on any atom is -0.360 e. The predicted molar refractivity (Wildman–Crippen MR) is 81.8 cm³/mol. The first-order valence-electron chi connectivity index (χ1n) is 7.09. The number of amides is 1. The summed E-state index contributed by atoms with van der Waals surface area (Å²) in [6.07, 6.45) is 2.76. The van der Waals surface area contributed by atoms with E-state index in [2.05, 4.69) is 17.4 Å². The number of rotatable bonds is 2.